The lowest BCUT2D eigenvalue weighted by Crippen LogP contribution is -2.22. The summed E-state index contributed by atoms with van der Waals surface area (Å²) in [6.45, 7) is 1.94. The van der Waals surface area contributed by atoms with Crippen molar-refractivity contribution >= 4 is 28.4 Å². The molecule has 5 aromatic rings. The summed E-state index contributed by atoms with van der Waals surface area (Å²) < 4.78 is 29.2. The third-order valence-corrected chi connectivity index (χ3v) is 5.47. The summed E-state index contributed by atoms with van der Waals surface area (Å²) in [5.41, 5.74) is 8.12. The van der Waals surface area contributed by atoms with Crippen molar-refractivity contribution in [1.82, 2.24) is 24.3 Å². The Labute approximate surface area is 186 Å². The van der Waals surface area contributed by atoms with Gasteiger partial charge in [-0.15, -0.1) is 0 Å². The first-order valence-corrected chi connectivity index (χ1v) is 10.3. The average Bonchev–Trinajstić information content (AvgIpc) is 3.26. The number of anilines is 2. The molecule has 0 fully saturated rings. The van der Waals surface area contributed by atoms with E-state index in [1.807, 2.05) is 6.92 Å². The van der Waals surface area contributed by atoms with Crippen molar-refractivity contribution in [3.63, 3.8) is 0 Å². The predicted molar refractivity (Wildman–Crippen MR) is 122 cm³/mol. The van der Waals surface area contributed by atoms with Crippen LogP contribution >= 0.6 is 0 Å². The number of fused-ring (bicyclic) bond motifs is 2. The highest BCUT2D eigenvalue weighted by atomic mass is 19.1. The summed E-state index contributed by atoms with van der Waals surface area (Å²) in [6, 6.07) is 9.94. The molecular formula is C23H19F2N7O. The number of nitrogens with one attached hydrogen (secondary N) is 2. The maximum Gasteiger partial charge on any atom is 0.263 e. The normalized spacial score (nSPS) is 12.3. The van der Waals surface area contributed by atoms with Crippen molar-refractivity contribution < 1.29 is 8.78 Å². The number of benzene rings is 1. The SMILES string of the molecule is CCC(Nc1nc(N)nc2[nH]cnc12)c1cc2ccc(F)cn2c(=O)c1-c1cccc(F)c1. The minimum Gasteiger partial charge on any atom is -0.368 e. The summed E-state index contributed by atoms with van der Waals surface area (Å²) in [4.78, 5) is 29.0. The Balaban J connectivity index is 1.74. The van der Waals surface area contributed by atoms with Gasteiger partial charge in [-0.25, -0.2) is 13.8 Å². The Morgan fingerprint density at radius 1 is 1.15 bits per heavy atom. The lowest BCUT2D eigenvalue weighted by Gasteiger charge is -2.22. The van der Waals surface area contributed by atoms with Crippen LogP contribution in [0.4, 0.5) is 20.5 Å². The molecule has 4 heterocycles. The molecule has 0 saturated heterocycles. The van der Waals surface area contributed by atoms with E-state index in [1.54, 1.807) is 12.1 Å². The van der Waals surface area contributed by atoms with Gasteiger partial charge in [0.15, 0.2) is 11.5 Å². The van der Waals surface area contributed by atoms with Gasteiger partial charge < -0.3 is 16.0 Å². The van der Waals surface area contributed by atoms with Gasteiger partial charge in [-0.1, -0.05) is 19.1 Å². The molecule has 33 heavy (non-hydrogen) atoms. The van der Waals surface area contributed by atoms with E-state index >= 15 is 0 Å². The van der Waals surface area contributed by atoms with Gasteiger partial charge in [-0.3, -0.25) is 9.20 Å². The van der Waals surface area contributed by atoms with Crippen LogP contribution in [0, 0.1) is 11.6 Å². The number of nitrogens with zero attached hydrogens (tertiary/aromatic N) is 4. The highest BCUT2D eigenvalue weighted by molar-refractivity contribution is 5.84. The van der Waals surface area contributed by atoms with Crippen molar-refractivity contribution in [1.29, 1.82) is 0 Å². The minimum absolute atomic E-state index is 0.0588. The molecule has 0 bridgehead atoms. The molecule has 0 saturated carbocycles. The van der Waals surface area contributed by atoms with Crippen molar-refractivity contribution in [2.24, 2.45) is 0 Å². The zero-order valence-corrected chi connectivity index (χ0v) is 17.5. The summed E-state index contributed by atoms with van der Waals surface area (Å²) in [5, 5.41) is 3.31. The molecule has 166 valence electrons. The van der Waals surface area contributed by atoms with E-state index in [0.29, 0.717) is 40.0 Å². The number of pyridine rings is 2. The Morgan fingerprint density at radius 3 is 2.79 bits per heavy atom. The highest BCUT2D eigenvalue weighted by Gasteiger charge is 2.22. The number of nitrogens with two attached hydrogens (primary N) is 1. The van der Waals surface area contributed by atoms with E-state index in [9.17, 15) is 13.6 Å². The first-order valence-electron chi connectivity index (χ1n) is 10.3. The molecule has 0 aliphatic rings. The van der Waals surface area contributed by atoms with Gasteiger partial charge in [0.2, 0.25) is 5.95 Å². The fraction of sp³-hybridized carbons (Fsp3) is 0.130. The van der Waals surface area contributed by atoms with Gasteiger partial charge in [0.1, 0.15) is 17.2 Å². The Kier molecular flexibility index (Phi) is 4.97. The van der Waals surface area contributed by atoms with Crippen molar-refractivity contribution in [3.8, 4) is 11.1 Å². The van der Waals surface area contributed by atoms with Gasteiger partial charge in [0.25, 0.3) is 5.56 Å². The van der Waals surface area contributed by atoms with Gasteiger partial charge in [-0.2, -0.15) is 9.97 Å². The fourth-order valence-corrected chi connectivity index (χ4v) is 3.98. The molecule has 1 unspecified atom stereocenters. The van der Waals surface area contributed by atoms with Crippen LogP contribution in [-0.4, -0.2) is 24.3 Å². The van der Waals surface area contributed by atoms with E-state index in [0.717, 1.165) is 6.20 Å². The first-order chi connectivity index (χ1) is 15.9. The fourth-order valence-electron chi connectivity index (χ4n) is 3.98. The zero-order valence-electron chi connectivity index (χ0n) is 17.5. The topological polar surface area (TPSA) is 114 Å². The van der Waals surface area contributed by atoms with Crippen molar-refractivity contribution in [2.75, 3.05) is 11.1 Å². The van der Waals surface area contributed by atoms with Gasteiger partial charge in [0.05, 0.1) is 17.9 Å². The van der Waals surface area contributed by atoms with E-state index in [-0.39, 0.29) is 11.5 Å². The molecule has 0 amide bonds. The largest absolute Gasteiger partial charge is 0.368 e. The molecule has 5 rings (SSSR count). The van der Waals surface area contributed by atoms with Crippen molar-refractivity contribution in [3.05, 3.63) is 82.5 Å². The standard InChI is InChI=1S/C23H19F2N7O/c1-2-17(29-21-19-20(28-11-27-19)30-23(26)31-21)16-9-15-7-6-14(25)10-32(15)22(33)18(16)12-4-3-5-13(24)8-12/h3-11,17H,2H2,1H3,(H4,26,27,28,29,30,31). The molecule has 4 aromatic heterocycles. The van der Waals surface area contributed by atoms with Crippen LogP contribution in [0.2, 0.25) is 0 Å². The predicted octanol–water partition coefficient (Wildman–Crippen LogP) is 4.06. The highest BCUT2D eigenvalue weighted by Crippen LogP contribution is 2.32. The van der Waals surface area contributed by atoms with Crippen molar-refractivity contribution in [2.45, 2.75) is 19.4 Å². The minimum atomic E-state index is -0.551. The number of nitrogen functional groups attached to an aromatic ring is 1. The van der Waals surface area contributed by atoms with Gasteiger partial charge in [-0.05, 0) is 47.9 Å². The molecular weight excluding hydrogens is 428 g/mol. The lowest BCUT2D eigenvalue weighted by molar-refractivity contribution is 0.617. The summed E-state index contributed by atoms with van der Waals surface area (Å²) in [6.07, 6.45) is 3.16. The molecule has 0 spiro atoms. The Morgan fingerprint density at radius 2 is 2.00 bits per heavy atom. The Bertz CT molecular complexity index is 1560. The van der Waals surface area contributed by atoms with E-state index < -0.39 is 23.2 Å². The summed E-state index contributed by atoms with van der Waals surface area (Å²) in [5.74, 6) is -0.575. The number of hydrogen-bond acceptors (Lipinski definition) is 6. The van der Waals surface area contributed by atoms with E-state index in [2.05, 4.69) is 25.3 Å². The number of aromatic amines is 1. The smallest absolute Gasteiger partial charge is 0.263 e. The maximum atomic E-state index is 14.1. The Hall–Kier alpha value is -4.34. The monoisotopic (exact) mass is 447 g/mol. The van der Waals surface area contributed by atoms with Gasteiger partial charge in [0, 0.05) is 11.7 Å². The van der Waals surface area contributed by atoms with E-state index in [1.165, 1.54) is 41.1 Å². The van der Waals surface area contributed by atoms with Crippen LogP contribution in [0.1, 0.15) is 24.9 Å². The molecule has 0 aliphatic carbocycles. The molecule has 10 heteroatoms. The van der Waals surface area contributed by atoms with Crippen LogP contribution in [0.15, 0.2) is 59.8 Å². The molecule has 1 aromatic carbocycles. The summed E-state index contributed by atoms with van der Waals surface area (Å²) >= 11 is 0. The van der Waals surface area contributed by atoms with Crippen LogP contribution in [0.3, 0.4) is 0 Å². The molecule has 0 aliphatic heterocycles. The molecule has 0 radical (unpaired) electrons. The number of rotatable bonds is 5. The quantitative estimate of drug-likeness (QED) is 0.374. The number of hydrogen-bond donors (Lipinski definition) is 3. The second-order valence-corrected chi connectivity index (χ2v) is 7.57. The summed E-state index contributed by atoms with van der Waals surface area (Å²) in [7, 11) is 0. The number of aromatic nitrogens is 5. The number of imidazole rings is 1. The lowest BCUT2D eigenvalue weighted by atomic mass is 9.94. The zero-order chi connectivity index (χ0) is 23.1. The molecule has 4 N–H and O–H groups in total. The number of halogens is 2. The first kappa shape index (κ1) is 20.6. The molecule has 8 nitrogen and oxygen atoms in total. The maximum absolute atomic E-state index is 14.1. The van der Waals surface area contributed by atoms with Gasteiger partial charge >= 0.3 is 0 Å². The second-order valence-electron chi connectivity index (χ2n) is 7.57. The second kappa shape index (κ2) is 7.97. The number of H-pyrrole nitrogens is 1. The van der Waals surface area contributed by atoms with Crippen LogP contribution in [0.5, 0.6) is 0 Å². The average molecular weight is 447 g/mol. The van der Waals surface area contributed by atoms with Crippen LogP contribution < -0.4 is 16.6 Å². The third kappa shape index (κ3) is 3.65. The van der Waals surface area contributed by atoms with Crippen LogP contribution in [0.25, 0.3) is 27.8 Å². The van der Waals surface area contributed by atoms with E-state index in [4.69, 9.17) is 5.73 Å². The third-order valence-electron chi connectivity index (χ3n) is 5.47. The van der Waals surface area contributed by atoms with Crippen LogP contribution in [-0.2, 0) is 0 Å². The molecule has 1 atom stereocenters.